The molecule has 0 atom stereocenters. The third-order valence-electron chi connectivity index (χ3n) is 0.938. The van der Waals surface area contributed by atoms with Crippen LogP contribution in [0.1, 0.15) is 20.8 Å². The predicted octanol–water partition coefficient (Wildman–Crippen LogP) is 3.60. The van der Waals surface area contributed by atoms with Gasteiger partial charge in [0, 0.05) is 0 Å². The van der Waals surface area contributed by atoms with Gasteiger partial charge in [0.05, 0.1) is 0 Å². The second-order valence-electron chi connectivity index (χ2n) is 4.96. The summed E-state index contributed by atoms with van der Waals surface area (Å²) in [6.07, 6.45) is 0. The molecule has 0 spiro atoms. The fourth-order valence-corrected chi connectivity index (χ4v) is 3.90. The zero-order chi connectivity index (χ0) is 8.41. The lowest BCUT2D eigenvalue weighted by Gasteiger charge is -2.23. The van der Waals surface area contributed by atoms with Gasteiger partial charge in [-0.25, -0.2) is 0 Å². The highest BCUT2D eigenvalue weighted by Crippen LogP contribution is 2.27. The van der Waals surface area contributed by atoms with Gasteiger partial charge in [-0.15, -0.1) is 0 Å². The second kappa shape index (κ2) is 3.31. The SMILES string of the molecule is CC(C)(C)CS[Si](C)(C)C. The summed E-state index contributed by atoms with van der Waals surface area (Å²) < 4.78 is 0. The first-order valence-corrected chi connectivity index (χ1v) is 9.06. The molecule has 0 aromatic carbocycles. The molecule has 0 rings (SSSR count). The van der Waals surface area contributed by atoms with Gasteiger partial charge in [-0.05, 0) is 11.2 Å². The average molecular weight is 176 g/mol. The van der Waals surface area contributed by atoms with Crippen LogP contribution in [-0.2, 0) is 0 Å². The van der Waals surface area contributed by atoms with E-state index in [0.717, 1.165) is 0 Å². The maximum atomic E-state index is 2.41. The zero-order valence-corrected chi connectivity index (χ0v) is 9.93. The molecule has 0 fully saturated rings. The van der Waals surface area contributed by atoms with Gasteiger partial charge in [0.25, 0.3) is 0 Å². The van der Waals surface area contributed by atoms with Gasteiger partial charge in [-0.2, -0.15) is 11.2 Å². The maximum Gasteiger partial charge on any atom is 0.108 e. The molecule has 62 valence electrons. The Hall–Kier alpha value is 0.567. The molecule has 0 amide bonds. The van der Waals surface area contributed by atoms with Gasteiger partial charge in [0.1, 0.15) is 7.22 Å². The molecule has 0 aromatic rings. The molecule has 0 bridgehead atoms. The zero-order valence-electron chi connectivity index (χ0n) is 8.12. The highest BCUT2D eigenvalue weighted by atomic mass is 32.4. The van der Waals surface area contributed by atoms with Crippen molar-refractivity contribution < 1.29 is 0 Å². The van der Waals surface area contributed by atoms with E-state index in [1.807, 2.05) is 0 Å². The molecule has 0 saturated carbocycles. The minimum absolute atomic E-state index is 0.505. The lowest BCUT2D eigenvalue weighted by Crippen LogP contribution is -2.20. The lowest BCUT2D eigenvalue weighted by molar-refractivity contribution is 0.481. The smallest absolute Gasteiger partial charge is 0.108 e. The first-order chi connectivity index (χ1) is 4.21. The van der Waals surface area contributed by atoms with Gasteiger partial charge in [-0.3, -0.25) is 0 Å². The van der Waals surface area contributed by atoms with Crippen molar-refractivity contribution in [1.82, 2.24) is 0 Å². The van der Waals surface area contributed by atoms with Crippen molar-refractivity contribution in [3.05, 3.63) is 0 Å². The number of hydrogen-bond acceptors (Lipinski definition) is 1. The summed E-state index contributed by atoms with van der Waals surface area (Å²) in [6.45, 7) is 14.1. The van der Waals surface area contributed by atoms with E-state index in [0.29, 0.717) is 5.41 Å². The molecule has 0 heterocycles. The van der Waals surface area contributed by atoms with Crippen molar-refractivity contribution in [1.29, 1.82) is 0 Å². The van der Waals surface area contributed by atoms with Crippen molar-refractivity contribution >= 4 is 18.4 Å². The van der Waals surface area contributed by atoms with Crippen LogP contribution in [0.2, 0.25) is 19.6 Å². The summed E-state index contributed by atoms with van der Waals surface area (Å²) in [5.41, 5.74) is 0.505. The topological polar surface area (TPSA) is 0 Å². The Morgan fingerprint density at radius 1 is 1.10 bits per heavy atom. The molecular formula is C8H20SSi. The summed E-state index contributed by atoms with van der Waals surface area (Å²) in [6, 6.07) is 0. The van der Waals surface area contributed by atoms with E-state index in [2.05, 4.69) is 51.6 Å². The Balaban J connectivity index is 3.56. The van der Waals surface area contributed by atoms with E-state index in [1.54, 1.807) is 0 Å². The normalized spacial score (nSPS) is 13.8. The Kier molecular flexibility index (Phi) is 3.50. The van der Waals surface area contributed by atoms with E-state index in [-0.39, 0.29) is 0 Å². The molecule has 0 unspecified atom stereocenters. The fraction of sp³-hybridized carbons (Fsp3) is 1.00. The van der Waals surface area contributed by atoms with Crippen LogP contribution in [0.3, 0.4) is 0 Å². The number of rotatable bonds is 2. The summed E-state index contributed by atoms with van der Waals surface area (Å²) in [5.74, 6) is 1.31. The average Bonchev–Trinajstić information content (AvgIpc) is 1.57. The minimum atomic E-state index is -0.850. The molecule has 0 aliphatic carbocycles. The highest BCUT2D eigenvalue weighted by Gasteiger charge is 2.18. The molecule has 0 nitrogen and oxygen atoms in total. The molecule has 0 N–H and O–H groups in total. The van der Waals surface area contributed by atoms with Gasteiger partial charge in [-0.1, -0.05) is 40.4 Å². The molecule has 0 saturated heterocycles. The Labute approximate surface area is 70.4 Å². The molecule has 0 aliphatic heterocycles. The van der Waals surface area contributed by atoms with Crippen molar-refractivity contribution in [2.45, 2.75) is 40.4 Å². The van der Waals surface area contributed by atoms with Crippen molar-refractivity contribution in [3.8, 4) is 0 Å². The van der Waals surface area contributed by atoms with E-state index >= 15 is 0 Å². The minimum Gasteiger partial charge on any atom is -0.185 e. The van der Waals surface area contributed by atoms with Gasteiger partial charge in [0.2, 0.25) is 0 Å². The van der Waals surface area contributed by atoms with E-state index in [9.17, 15) is 0 Å². The van der Waals surface area contributed by atoms with Gasteiger partial charge < -0.3 is 0 Å². The van der Waals surface area contributed by atoms with Gasteiger partial charge >= 0.3 is 0 Å². The van der Waals surface area contributed by atoms with E-state index in [1.165, 1.54) is 5.75 Å². The van der Waals surface area contributed by atoms with Crippen LogP contribution in [0, 0.1) is 5.41 Å². The highest BCUT2D eigenvalue weighted by molar-refractivity contribution is 8.28. The largest absolute Gasteiger partial charge is 0.185 e. The van der Waals surface area contributed by atoms with Crippen LogP contribution >= 0.6 is 11.2 Å². The van der Waals surface area contributed by atoms with Crippen molar-refractivity contribution in [3.63, 3.8) is 0 Å². The fourth-order valence-electron chi connectivity index (χ4n) is 0.433. The molecule has 10 heavy (non-hydrogen) atoms. The Morgan fingerprint density at radius 3 is 1.60 bits per heavy atom. The molecule has 0 aliphatic rings. The van der Waals surface area contributed by atoms with Crippen LogP contribution in [0.15, 0.2) is 0 Å². The molecular weight excluding hydrogens is 156 g/mol. The van der Waals surface area contributed by atoms with Crippen LogP contribution < -0.4 is 0 Å². The Bertz CT molecular complexity index is 82.8. The second-order valence-corrected chi connectivity index (χ2v) is 14.3. The summed E-state index contributed by atoms with van der Waals surface area (Å²) >= 11 is 2.18. The summed E-state index contributed by atoms with van der Waals surface area (Å²) in [4.78, 5) is 0. The van der Waals surface area contributed by atoms with E-state index < -0.39 is 7.22 Å². The van der Waals surface area contributed by atoms with Crippen molar-refractivity contribution in [2.75, 3.05) is 5.75 Å². The molecule has 0 radical (unpaired) electrons. The van der Waals surface area contributed by atoms with E-state index in [4.69, 9.17) is 0 Å². The molecule has 2 heteroatoms. The van der Waals surface area contributed by atoms with Crippen molar-refractivity contribution in [2.24, 2.45) is 5.41 Å². The summed E-state index contributed by atoms with van der Waals surface area (Å²) in [7, 11) is -0.850. The van der Waals surface area contributed by atoms with Crippen LogP contribution in [0.25, 0.3) is 0 Å². The third-order valence-corrected chi connectivity index (χ3v) is 5.85. The van der Waals surface area contributed by atoms with Crippen LogP contribution in [0.4, 0.5) is 0 Å². The monoisotopic (exact) mass is 176 g/mol. The quantitative estimate of drug-likeness (QED) is 0.579. The third kappa shape index (κ3) is 8.57. The first-order valence-electron chi connectivity index (χ1n) is 3.85. The molecule has 0 aromatic heterocycles. The maximum absolute atomic E-state index is 2.41. The van der Waals surface area contributed by atoms with Crippen LogP contribution in [-0.4, -0.2) is 13.0 Å². The Morgan fingerprint density at radius 2 is 1.50 bits per heavy atom. The lowest BCUT2D eigenvalue weighted by atomic mass is 10.0. The summed E-state index contributed by atoms with van der Waals surface area (Å²) in [5, 5.41) is 0. The van der Waals surface area contributed by atoms with Crippen LogP contribution in [0.5, 0.6) is 0 Å². The standard InChI is InChI=1S/C8H20SSi/c1-8(2,3)7-9-10(4,5)6/h7H2,1-6H3. The predicted molar refractivity (Wildman–Crippen MR) is 55.3 cm³/mol. The number of hydrogen-bond donors (Lipinski definition) is 0. The van der Waals surface area contributed by atoms with Gasteiger partial charge in [0.15, 0.2) is 0 Å². The first kappa shape index (κ1) is 10.6.